The van der Waals surface area contributed by atoms with E-state index in [4.69, 9.17) is 16.3 Å². The van der Waals surface area contributed by atoms with E-state index in [-0.39, 0.29) is 0 Å². The van der Waals surface area contributed by atoms with Gasteiger partial charge in [-0.2, -0.15) is 0 Å². The molecule has 0 amide bonds. The van der Waals surface area contributed by atoms with Crippen molar-refractivity contribution in [1.82, 2.24) is 9.55 Å². The maximum absolute atomic E-state index is 11.2. The third-order valence-corrected chi connectivity index (χ3v) is 3.56. The highest BCUT2D eigenvalue weighted by Gasteiger charge is 2.09. The van der Waals surface area contributed by atoms with Gasteiger partial charge in [0.05, 0.1) is 24.9 Å². The van der Waals surface area contributed by atoms with Crippen molar-refractivity contribution >= 4 is 28.8 Å². The first-order valence-electron chi connectivity index (χ1n) is 6.45. The minimum Gasteiger partial charge on any atom is -0.481 e. The first-order valence-corrected chi connectivity index (χ1v) is 6.82. The molecule has 2 heterocycles. The first-order chi connectivity index (χ1) is 10.2. The van der Waals surface area contributed by atoms with Crippen molar-refractivity contribution in [2.24, 2.45) is 0 Å². The molecule has 0 N–H and O–H groups in total. The number of pyridine rings is 1. The Kier molecular flexibility index (Phi) is 3.62. The molecular weight excluding hydrogens is 288 g/mol. The van der Waals surface area contributed by atoms with Crippen LogP contribution in [0.4, 0.5) is 0 Å². The van der Waals surface area contributed by atoms with Crippen molar-refractivity contribution < 1.29 is 9.53 Å². The van der Waals surface area contributed by atoms with Gasteiger partial charge < -0.3 is 9.30 Å². The number of rotatable bonds is 4. The summed E-state index contributed by atoms with van der Waals surface area (Å²) in [7, 11) is 1.58. The number of hydrogen-bond acceptors (Lipinski definition) is 3. The molecule has 0 atom stereocenters. The van der Waals surface area contributed by atoms with E-state index in [2.05, 4.69) is 4.98 Å². The molecule has 0 bridgehead atoms. The second-order valence-electron chi connectivity index (χ2n) is 4.66. The predicted octanol–water partition coefficient (Wildman–Crippen LogP) is 3.56. The van der Waals surface area contributed by atoms with Crippen LogP contribution in [0.1, 0.15) is 16.1 Å². The molecule has 2 aromatic heterocycles. The molecule has 0 aliphatic rings. The summed E-state index contributed by atoms with van der Waals surface area (Å²) >= 11 is 6.06. The van der Waals surface area contributed by atoms with E-state index in [0.717, 1.165) is 22.9 Å². The van der Waals surface area contributed by atoms with Crippen LogP contribution < -0.4 is 4.74 Å². The zero-order valence-electron chi connectivity index (χ0n) is 11.4. The Morgan fingerprint density at radius 2 is 2.19 bits per heavy atom. The summed E-state index contributed by atoms with van der Waals surface area (Å²) in [5, 5.41) is 1.52. The topological polar surface area (TPSA) is 44.1 Å². The molecule has 3 rings (SSSR count). The number of carbonyl (C=O) groups excluding carboxylic acids is 1. The molecule has 0 fully saturated rings. The Morgan fingerprint density at radius 1 is 1.33 bits per heavy atom. The zero-order valence-corrected chi connectivity index (χ0v) is 12.2. The molecular formula is C16H13ClN2O2. The molecule has 106 valence electrons. The number of hydrogen-bond donors (Lipinski definition) is 0. The average molecular weight is 301 g/mol. The molecule has 0 aliphatic carbocycles. The van der Waals surface area contributed by atoms with E-state index in [1.165, 1.54) is 0 Å². The Morgan fingerprint density at radius 3 is 2.95 bits per heavy atom. The van der Waals surface area contributed by atoms with Crippen LogP contribution in [-0.2, 0) is 6.54 Å². The fourth-order valence-electron chi connectivity index (χ4n) is 2.35. The van der Waals surface area contributed by atoms with Crippen LogP contribution in [0.3, 0.4) is 0 Å². The summed E-state index contributed by atoms with van der Waals surface area (Å²) in [6.07, 6.45) is 2.67. The fraction of sp³-hybridized carbons (Fsp3) is 0.125. The monoisotopic (exact) mass is 300 g/mol. The highest BCUT2D eigenvalue weighted by atomic mass is 35.5. The largest absolute Gasteiger partial charge is 0.481 e. The van der Waals surface area contributed by atoms with Crippen LogP contribution in [-0.4, -0.2) is 22.9 Å². The van der Waals surface area contributed by atoms with Gasteiger partial charge in [0.15, 0.2) is 6.29 Å². The number of halogens is 1. The number of methoxy groups -OCH3 is 1. The summed E-state index contributed by atoms with van der Waals surface area (Å²) in [6, 6.07) is 11.1. The normalized spacial score (nSPS) is 10.8. The van der Waals surface area contributed by atoms with Gasteiger partial charge in [0.25, 0.3) is 0 Å². The van der Waals surface area contributed by atoms with Gasteiger partial charge in [-0.05, 0) is 18.2 Å². The molecule has 0 saturated heterocycles. The van der Waals surface area contributed by atoms with Gasteiger partial charge in [-0.3, -0.25) is 4.79 Å². The van der Waals surface area contributed by atoms with Gasteiger partial charge in [0.2, 0.25) is 5.88 Å². The average Bonchev–Trinajstić information content (AvgIpc) is 2.84. The van der Waals surface area contributed by atoms with Crippen LogP contribution in [0.5, 0.6) is 5.88 Å². The number of aromatic nitrogens is 2. The third-order valence-electron chi connectivity index (χ3n) is 3.32. The molecule has 21 heavy (non-hydrogen) atoms. The molecule has 0 spiro atoms. The van der Waals surface area contributed by atoms with Crippen LogP contribution in [0.25, 0.3) is 10.9 Å². The summed E-state index contributed by atoms with van der Waals surface area (Å²) in [5.74, 6) is 0.567. The second-order valence-corrected chi connectivity index (χ2v) is 5.10. The van der Waals surface area contributed by atoms with E-state index in [0.29, 0.717) is 23.0 Å². The fourth-order valence-corrected chi connectivity index (χ4v) is 2.52. The van der Waals surface area contributed by atoms with Crippen molar-refractivity contribution in [1.29, 1.82) is 0 Å². The SMILES string of the molecule is COc1cccc(Cn2cc(C=O)c3ccc(Cl)cc32)n1. The molecule has 0 unspecified atom stereocenters. The molecule has 1 aromatic carbocycles. The summed E-state index contributed by atoms with van der Waals surface area (Å²) in [5.41, 5.74) is 2.41. The van der Waals surface area contributed by atoms with Crippen LogP contribution >= 0.6 is 11.6 Å². The molecule has 0 saturated carbocycles. The number of ether oxygens (including phenoxy) is 1. The van der Waals surface area contributed by atoms with Crippen molar-refractivity contribution in [3.05, 3.63) is 58.9 Å². The summed E-state index contributed by atoms with van der Waals surface area (Å²) < 4.78 is 7.09. The summed E-state index contributed by atoms with van der Waals surface area (Å²) in [6.45, 7) is 0.544. The Bertz CT molecular complexity index is 811. The van der Waals surface area contributed by atoms with E-state index in [1.54, 1.807) is 19.2 Å². The van der Waals surface area contributed by atoms with E-state index in [9.17, 15) is 4.79 Å². The van der Waals surface area contributed by atoms with E-state index >= 15 is 0 Å². The van der Waals surface area contributed by atoms with Crippen LogP contribution in [0.2, 0.25) is 5.02 Å². The third kappa shape index (κ3) is 2.62. The maximum atomic E-state index is 11.2. The van der Waals surface area contributed by atoms with E-state index in [1.807, 2.05) is 35.0 Å². The lowest BCUT2D eigenvalue weighted by molar-refractivity contribution is 0.112. The number of benzene rings is 1. The van der Waals surface area contributed by atoms with Gasteiger partial charge >= 0.3 is 0 Å². The first kappa shape index (κ1) is 13.6. The van der Waals surface area contributed by atoms with E-state index < -0.39 is 0 Å². The van der Waals surface area contributed by atoms with Gasteiger partial charge in [0, 0.05) is 28.2 Å². The lowest BCUT2D eigenvalue weighted by Crippen LogP contribution is -2.01. The standard InChI is InChI=1S/C16H13ClN2O2/c1-21-16-4-2-3-13(18-16)9-19-8-11(10-20)14-6-5-12(17)7-15(14)19/h2-8,10H,9H2,1H3. The zero-order chi connectivity index (χ0) is 14.8. The molecule has 0 radical (unpaired) electrons. The Hall–Kier alpha value is -2.33. The number of aldehydes is 1. The van der Waals surface area contributed by atoms with Crippen LogP contribution in [0, 0.1) is 0 Å². The number of fused-ring (bicyclic) bond motifs is 1. The van der Waals surface area contributed by atoms with Gasteiger partial charge in [0.1, 0.15) is 0 Å². The van der Waals surface area contributed by atoms with Crippen molar-refractivity contribution in [3.8, 4) is 5.88 Å². The van der Waals surface area contributed by atoms with Crippen LogP contribution in [0.15, 0.2) is 42.6 Å². The van der Waals surface area contributed by atoms with Gasteiger partial charge in [-0.15, -0.1) is 0 Å². The highest BCUT2D eigenvalue weighted by molar-refractivity contribution is 6.31. The lowest BCUT2D eigenvalue weighted by Gasteiger charge is -2.06. The maximum Gasteiger partial charge on any atom is 0.213 e. The minimum atomic E-state index is 0.544. The summed E-state index contributed by atoms with van der Waals surface area (Å²) in [4.78, 5) is 15.6. The number of carbonyl (C=O) groups is 1. The Labute approximate surface area is 126 Å². The molecule has 3 aromatic rings. The van der Waals surface area contributed by atoms with Gasteiger partial charge in [-0.25, -0.2) is 4.98 Å². The van der Waals surface area contributed by atoms with Crippen molar-refractivity contribution in [2.75, 3.05) is 7.11 Å². The highest BCUT2D eigenvalue weighted by Crippen LogP contribution is 2.24. The predicted molar refractivity (Wildman–Crippen MR) is 82.2 cm³/mol. The quantitative estimate of drug-likeness (QED) is 0.692. The van der Waals surface area contributed by atoms with Crippen molar-refractivity contribution in [2.45, 2.75) is 6.54 Å². The second kappa shape index (κ2) is 5.58. The van der Waals surface area contributed by atoms with Gasteiger partial charge in [-0.1, -0.05) is 23.7 Å². The smallest absolute Gasteiger partial charge is 0.213 e. The minimum absolute atomic E-state index is 0.544. The molecule has 5 heteroatoms. The van der Waals surface area contributed by atoms with Crippen molar-refractivity contribution in [3.63, 3.8) is 0 Å². The Balaban J connectivity index is 2.07. The lowest BCUT2D eigenvalue weighted by atomic mass is 10.2. The number of nitrogens with zero attached hydrogens (tertiary/aromatic N) is 2. The molecule has 0 aliphatic heterocycles. The molecule has 4 nitrogen and oxygen atoms in total.